The van der Waals surface area contributed by atoms with Crippen molar-refractivity contribution in [2.45, 2.75) is 25.8 Å². The number of hydrogen-bond acceptors (Lipinski definition) is 5. The smallest absolute Gasteiger partial charge is 0.329 e. The molecule has 0 radical (unpaired) electrons. The molecule has 0 atom stereocenters. The van der Waals surface area contributed by atoms with Gasteiger partial charge in [-0.3, -0.25) is 14.4 Å². The molecule has 0 spiro atoms. The summed E-state index contributed by atoms with van der Waals surface area (Å²) in [6, 6.07) is 12.5. The van der Waals surface area contributed by atoms with Gasteiger partial charge in [0.2, 0.25) is 0 Å². The SMILES string of the molecule is Cc1cc(Br)ccc1NC(=O)COc1cccc(/C=N\NC(=O)C(=O)NC2CC2)c1. The second-order valence-electron chi connectivity index (χ2n) is 6.82. The number of hydrazone groups is 1. The topological polar surface area (TPSA) is 109 Å². The van der Waals surface area contributed by atoms with Gasteiger partial charge in [0.15, 0.2) is 6.61 Å². The molecule has 3 amide bonds. The third kappa shape index (κ3) is 6.70. The van der Waals surface area contributed by atoms with Gasteiger partial charge in [-0.15, -0.1) is 0 Å². The van der Waals surface area contributed by atoms with Gasteiger partial charge in [-0.25, -0.2) is 5.43 Å². The molecule has 8 nitrogen and oxygen atoms in total. The molecule has 0 heterocycles. The number of ether oxygens (including phenoxy) is 1. The lowest BCUT2D eigenvalue weighted by Gasteiger charge is -2.10. The summed E-state index contributed by atoms with van der Waals surface area (Å²) in [5, 5.41) is 9.15. The average molecular weight is 473 g/mol. The van der Waals surface area contributed by atoms with E-state index in [4.69, 9.17) is 4.74 Å². The van der Waals surface area contributed by atoms with E-state index >= 15 is 0 Å². The first kappa shape index (κ1) is 21.5. The molecule has 2 aromatic carbocycles. The second-order valence-corrected chi connectivity index (χ2v) is 7.73. The summed E-state index contributed by atoms with van der Waals surface area (Å²) in [7, 11) is 0. The van der Waals surface area contributed by atoms with Crippen LogP contribution in [0.3, 0.4) is 0 Å². The van der Waals surface area contributed by atoms with E-state index in [2.05, 4.69) is 37.1 Å². The molecule has 1 aliphatic carbocycles. The fraction of sp³-hybridized carbons (Fsp3) is 0.238. The maximum atomic E-state index is 12.1. The zero-order chi connectivity index (χ0) is 21.5. The Labute approximate surface area is 182 Å². The first-order chi connectivity index (χ1) is 14.4. The molecule has 0 saturated heterocycles. The Bertz CT molecular complexity index is 989. The predicted octanol–water partition coefficient (Wildman–Crippen LogP) is 2.50. The molecule has 2 aromatic rings. The molecule has 3 rings (SSSR count). The van der Waals surface area contributed by atoms with Crippen LogP contribution in [-0.4, -0.2) is 36.6 Å². The summed E-state index contributed by atoms with van der Waals surface area (Å²) in [5.41, 5.74) is 4.47. The van der Waals surface area contributed by atoms with Crippen LogP contribution < -0.4 is 20.8 Å². The van der Waals surface area contributed by atoms with Gasteiger partial charge in [0.25, 0.3) is 5.91 Å². The number of carbonyl (C=O) groups excluding carboxylic acids is 3. The van der Waals surface area contributed by atoms with E-state index < -0.39 is 11.8 Å². The normalized spacial score (nSPS) is 13.0. The minimum atomic E-state index is -0.814. The number of nitrogens with zero attached hydrogens (tertiary/aromatic N) is 1. The number of nitrogens with one attached hydrogen (secondary N) is 3. The zero-order valence-corrected chi connectivity index (χ0v) is 17.9. The molecule has 156 valence electrons. The Morgan fingerprint density at radius 3 is 2.70 bits per heavy atom. The van der Waals surface area contributed by atoms with Crippen LogP contribution in [0.2, 0.25) is 0 Å². The van der Waals surface area contributed by atoms with Crippen molar-refractivity contribution in [3.05, 3.63) is 58.1 Å². The minimum absolute atomic E-state index is 0.103. The molecule has 0 aromatic heterocycles. The molecule has 9 heteroatoms. The first-order valence-corrected chi connectivity index (χ1v) is 10.1. The Balaban J connectivity index is 1.47. The van der Waals surface area contributed by atoms with Crippen molar-refractivity contribution in [1.29, 1.82) is 0 Å². The van der Waals surface area contributed by atoms with Crippen molar-refractivity contribution < 1.29 is 19.1 Å². The molecular formula is C21H21BrN4O4. The van der Waals surface area contributed by atoms with Crippen LogP contribution in [0.15, 0.2) is 52.0 Å². The Kier molecular flexibility index (Phi) is 7.18. The number of benzene rings is 2. The van der Waals surface area contributed by atoms with Crippen molar-refractivity contribution in [2.24, 2.45) is 5.10 Å². The highest BCUT2D eigenvalue weighted by Gasteiger charge is 2.26. The summed E-state index contributed by atoms with van der Waals surface area (Å²) in [5.74, 6) is -1.32. The maximum Gasteiger partial charge on any atom is 0.329 e. The third-order valence-corrected chi connectivity index (χ3v) is 4.68. The largest absolute Gasteiger partial charge is 0.484 e. The Hall–Kier alpha value is -3.20. The predicted molar refractivity (Wildman–Crippen MR) is 116 cm³/mol. The summed E-state index contributed by atoms with van der Waals surface area (Å²) in [6.45, 7) is 1.74. The first-order valence-electron chi connectivity index (χ1n) is 9.33. The van der Waals surface area contributed by atoms with Crippen molar-refractivity contribution in [2.75, 3.05) is 11.9 Å². The van der Waals surface area contributed by atoms with Gasteiger partial charge in [0.1, 0.15) is 5.75 Å². The van der Waals surface area contributed by atoms with Crippen LogP contribution in [0.4, 0.5) is 5.69 Å². The van der Waals surface area contributed by atoms with Gasteiger partial charge in [0, 0.05) is 16.2 Å². The lowest BCUT2D eigenvalue weighted by molar-refractivity contribution is -0.139. The van der Waals surface area contributed by atoms with Crippen LogP contribution in [0.5, 0.6) is 5.75 Å². The molecule has 0 aliphatic heterocycles. The number of hydrogen-bond donors (Lipinski definition) is 3. The zero-order valence-electron chi connectivity index (χ0n) is 16.3. The Morgan fingerprint density at radius 2 is 1.97 bits per heavy atom. The fourth-order valence-corrected chi connectivity index (χ4v) is 2.96. The number of carbonyl (C=O) groups is 3. The maximum absolute atomic E-state index is 12.1. The van der Waals surface area contributed by atoms with Gasteiger partial charge in [-0.05, 0) is 61.2 Å². The lowest BCUT2D eigenvalue weighted by Crippen LogP contribution is -2.38. The van der Waals surface area contributed by atoms with Crippen LogP contribution in [0, 0.1) is 6.92 Å². The standard InChI is InChI=1S/C21H21BrN4O4/c1-13-9-15(22)5-8-18(13)25-19(27)12-30-17-4-2-3-14(10-17)11-23-26-21(29)20(28)24-16-6-7-16/h2-5,8-11,16H,6-7,12H2,1H3,(H,24,28)(H,25,27)(H,26,29)/b23-11-. The van der Waals surface area contributed by atoms with Crippen LogP contribution in [-0.2, 0) is 14.4 Å². The average Bonchev–Trinajstić information content (AvgIpc) is 3.53. The van der Waals surface area contributed by atoms with E-state index in [9.17, 15) is 14.4 Å². The summed E-state index contributed by atoms with van der Waals surface area (Å²) >= 11 is 3.38. The molecular weight excluding hydrogens is 452 g/mol. The van der Waals surface area contributed by atoms with E-state index in [0.717, 1.165) is 22.9 Å². The molecule has 30 heavy (non-hydrogen) atoms. The lowest BCUT2D eigenvalue weighted by atomic mass is 10.2. The summed E-state index contributed by atoms with van der Waals surface area (Å²) in [6.07, 6.45) is 3.19. The van der Waals surface area contributed by atoms with Gasteiger partial charge in [-0.2, -0.15) is 5.10 Å². The Morgan fingerprint density at radius 1 is 1.17 bits per heavy atom. The summed E-state index contributed by atoms with van der Waals surface area (Å²) < 4.78 is 6.46. The van der Waals surface area contributed by atoms with Crippen molar-refractivity contribution >= 4 is 45.6 Å². The fourth-order valence-electron chi connectivity index (χ4n) is 2.48. The second kappa shape index (κ2) is 10.0. The molecule has 1 saturated carbocycles. The van der Waals surface area contributed by atoms with Gasteiger partial charge in [-0.1, -0.05) is 28.1 Å². The number of rotatable bonds is 7. The van der Waals surface area contributed by atoms with E-state index in [-0.39, 0.29) is 18.6 Å². The van der Waals surface area contributed by atoms with Crippen LogP contribution in [0.1, 0.15) is 24.0 Å². The highest BCUT2D eigenvalue weighted by atomic mass is 79.9. The molecule has 3 N–H and O–H groups in total. The number of aryl methyl sites for hydroxylation is 1. The van der Waals surface area contributed by atoms with Crippen molar-refractivity contribution in [3.63, 3.8) is 0 Å². The highest BCUT2D eigenvalue weighted by Crippen LogP contribution is 2.20. The summed E-state index contributed by atoms with van der Waals surface area (Å²) in [4.78, 5) is 35.3. The molecule has 1 aliphatic rings. The van der Waals surface area contributed by atoms with Gasteiger partial charge in [0.05, 0.1) is 6.21 Å². The van der Waals surface area contributed by atoms with E-state index in [1.165, 1.54) is 6.21 Å². The number of halogens is 1. The van der Waals surface area contributed by atoms with Crippen LogP contribution in [0.25, 0.3) is 0 Å². The monoisotopic (exact) mass is 472 g/mol. The number of amides is 3. The molecule has 0 unspecified atom stereocenters. The van der Waals surface area contributed by atoms with Crippen LogP contribution >= 0.6 is 15.9 Å². The van der Waals surface area contributed by atoms with Gasteiger partial charge < -0.3 is 15.4 Å². The highest BCUT2D eigenvalue weighted by molar-refractivity contribution is 9.10. The number of anilines is 1. The minimum Gasteiger partial charge on any atom is -0.484 e. The third-order valence-electron chi connectivity index (χ3n) is 4.19. The molecule has 1 fully saturated rings. The van der Waals surface area contributed by atoms with Crippen molar-refractivity contribution in [1.82, 2.24) is 10.7 Å². The van der Waals surface area contributed by atoms with E-state index in [0.29, 0.717) is 17.0 Å². The van der Waals surface area contributed by atoms with Gasteiger partial charge >= 0.3 is 11.8 Å². The van der Waals surface area contributed by atoms with E-state index in [1.807, 2.05) is 25.1 Å². The van der Waals surface area contributed by atoms with Crippen molar-refractivity contribution in [3.8, 4) is 5.75 Å². The van der Waals surface area contributed by atoms with E-state index in [1.54, 1.807) is 24.3 Å². The quantitative estimate of drug-likeness (QED) is 0.326. The molecule has 0 bridgehead atoms.